The third-order valence-corrected chi connectivity index (χ3v) is 2.60. The molecule has 1 aromatic rings. The normalized spacial score (nSPS) is 12.2. The van der Waals surface area contributed by atoms with E-state index >= 15 is 0 Å². The Kier molecular flexibility index (Phi) is 5.69. The molecule has 0 spiro atoms. The third kappa shape index (κ3) is 4.56. The first-order valence-corrected chi connectivity index (χ1v) is 6.17. The maximum atomic E-state index is 9.45. The van der Waals surface area contributed by atoms with E-state index in [4.69, 9.17) is 0 Å². The molecule has 0 aromatic carbocycles. The molecular formula is C12H22N4O. The third-order valence-electron chi connectivity index (χ3n) is 2.60. The highest BCUT2D eigenvalue weighted by atomic mass is 16.3. The van der Waals surface area contributed by atoms with Crippen molar-refractivity contribution in [1.82, 2.24) is 9.97 Å². The van der Waals surface area contributed by atoms with E-state index in [0.717, 1.165) is 43.3 Å². The van der Waals surface area contributed by atoms with Crippen molar-refractivity contribution in [3.63, 3.8) is 0 Å². The quantitative estimate of drug-likeness (QED) is 0.674. The minimum Gasteiger partial charge on any atom is -0.393 e. The molecule has 3 N–H and O–H groups in total. The number of hydrogen-bond donors (Lipinski definition) is 3. The Morgan fingerprint density at radius 3 is 2.59 bits per heavy atom. The van der Waals surface area contributed by atoms with Gasteiger partial charge in [0.25, 0.3) is 0 Å². The molecule has 0 fully saturated rings. The maximum Gasteiger partial charge on any atom is 0.132 e. The average molecular weight is 238 g/mol. The molecule has 0 saturated carbocycles. The summed E-state index contributed by atoms with van der Waals surface area (Å²) in [4.78, 5) is 8.70. The van der Waals surface area contributed by atoms with Gasteiger partial charge in [-0.3, -0.25) is 0 Å². The number of hydrogen-bond acceptors (Lipinski definition) is 5. The van der Waals surface area contributed by atoms with Gasteiger partial charge < -0.3 is 15.7 Å². The van der Waals surface area contributed by atoms with E-state index < -0.39 is 0 Å². The summed E-state index contributed by atoms with van der Waals surface area (Å²) < 4.78 is 0. The smallest absolute Gasteiger partial charge is 0.132 e. The van der Waals surface area contributed by atoms with Crippen molar-refractivity contribution >= 4 is 11.6 Å². The van der Waals surface area contributed by atoms with Crippen LogP contribution in [0, 0.1) is 0 Å². The Balaban J connectivity index is 2.57. The number of rotatable bonds is 7. The van der Waals surface area contributed by atoms with Crippen molar-refractivity contribution in [3.8, 4) is 0 Å². The van der Waals surface area contributed by atoms with Crippen molar-refractivity contribution in [2.45, 2.75) is 39.2 Å². The van der Waals surface area contributed by atoms with Crippen LogP contribution in [0.2, 0.25) is 0 Å². The molecule has 0 saturated heterocycles. The average Bonchev–Trinajstić information content (AvgIpc) is 2.37. The van der Waals surface area contributed by atoms with Gasteiger partial charge in [0, 0.05) is 26.1 Å². The van der Waals surface area contributed by atoms with Crippen LogP contribution in [0.15, 0.2) is 6.07 Å². The van der Waals surface area contributed by atoms with Gasteiger partial charge in [0.05, 0.1) is 6.10 Å². The Labute approximate surface area is 103 Å². The van der Waals surface area contributed by atoms with Crippen LogP contribution in [0.3, 0.4) is 0 Å². The van der Waals surface area contributed by atoms with Crippen LogP contribution in [0.25, 0.3) is 0 Å². The fraction of sp³-hybridized carbons (Fsp3) is 0.667. The van der Waals surface area contributed by atoms with Gasteiger partial charge in [0.2, 0.25) is 0 Å². The molecule has 1 aromatic heterocycles. The predicted octanol–water partition coefficient (Wildman–Crippen LogP) is 1.65. The van der Waals surface area contributed by atoms with Gasteiger partial charge in [-0.2, -0.15) is 0 Å². The molecular weight excluding hydrogens is 216 g/mol. The van der Waals surface area contributed by atoms with Crippen LogP contribution in [0.1, 0.15) is 32.5 Å². The van der Waals surface area contributed by atoms with Crippen molar-refractivity contribution in [1.29, 1.82) is 0 Å². The summed E-state index contributed by atoms with van der Waals surface area (Å²) in [5, 5.41) is 15.7. The summed E-state index contributed by atoms with van der Waals surface area (Å²) in [5.41, 5.74) is 0. The summed E-state index contributed by atoms with van der Waals surface area (Å²) in [6.45, 7) is 4.72. The van der Waals surface area contributed by atoms with Crippen LogP contribution in [-0.2, 0) is 6.42 Å². The van der Waals surface area contributed by atoms with E-state index in [-0.39, 0.29) is 6.10 Å². The molecule has 96 valence electrons. The highest BCUT2D eigenvalue weighted by Gasteiger charge is 2.03. The Morgan fingerprint density at radius 1 is 1.29 bits per heavy atom. The summed E-state index contributed by atoms with van der Waals surface area (Å²) in [6.07, 6.45) is 2.09. The second-order valence-corrected chi connectivity index (χ2v) is 3.94. The molecule has 0 aliphatic carbocycles. The Hall–Kier alpha value is -1.36. The standard InChI is InChI=1S/C12H22N4O/c1-4-9(17)6-7-14-12-8-11(13-3)15-10(5-2)16-12/h8-9,17H,4-7H2,1-3H3,(H2,13,14,15,16). The first-order chi connectivity index (χ1) is 8.19. The fourth-order valence-electron chi connectivity index (χ4n) is 1.44. The molecule has 0 radical (unpaired) electrons. The molecule has 0 aliphatic heterocycles. The van der Waals surface area contributed by atoms with Crippen molar-refractivity contribution < 1.29 is 5.11 Å². The highest BCUT2D eigenvalue weighted by Crippen LogP contribution is 2.11. The van der Waals surface area contributed by atoms with Crippen LogP contribution in [0.5, 0.6) is 0 Å². The molecule has 1 atom stereocenters. The maximum absolute atomic E-state index is 9.45. The molecule has 0 aliphatic rings. The van der Waals surface area contributed by atoms with Gasteiger partial charge in [-0.1, -0.05) is 13.8 Å². The van der Waals surface area contributed by atoms with E-state index in [1.165, 1.54) is 0 Å². The van der Waals surface area contributed by atoms with Gasteiger partial charge in [0.1, 0.15) is 17.5 Å². The number of nitrogens with zero attached hydrogens (tertiary/aromatic N) is 2. The second-order valence-electron chi connectivity index (χ2n) is 3.94. The lowest BCUT2D eigenvalue weighted by Crippen LogP contribution is -2.13. The Bertz CT molecular complexity index is 321. The number of anilines is 2. The zero-order chi connectivity index (χ0) is 12.7. The minimum atomic E-state index is -0.237. The molecule has 0 bridgehead atoms. The van der Waals surface area contributed by atoms with Crippen molar-refractivity contribution in [2.24, 2.45) is 0 Å². The van der Waals surface area contributed by atoms with Crippen LogP contribution < -0.4 is 10.6 Å². The zero-order valence-corrected chi connectivity index (χ0v) is 10.8. The molecule has 5 heteroatoms. The van der Waals surface area contributed by atoms with E-state index in [2.05, 4.69) is 20.6 Å². The lowest BCUT2D eigenvalue weighted by atomic mass is 10.2. The minimum absolute atomic E-state index is 0.237. The molecule has 5 nitrogen and oxygen atoms in total. The zero-order valence-electron chi connectivity index (χ0n) is 10.8. The van der Waals surface area contributed by atoms with E-state index in [0.29, 0.717) is 0 Å². The van der Waals surface area contributed by atoms with Gasteiger partial charge in [0.15, 0.2) is 0 Å². The topological polar surface area (TPSA) is 70.1 Å². The van der Waals surface area contributed by atoms with Gasteiger partial charge in [-0.05, 0) is 12.8 Å². The van der Waals surface area contributed by atoms with Gasteiger partial charge >= 0.3 is 0 Å². The Morgan fingerprint density at radius 2 is 2.00 bits per heavy atom. The summed E-state index contributed by atoms with van der Waals surface area (Å²) in [6, 6.07) is 1.87. The number of aliphatic hydroxyl groups is 1. The largest absolute Gasteiger partial charge is 0.393 e. The predicted molar refractivity (Wildman–Crippen MR) is 70.4 cm³/mol. The first-order valence-electron chi connectivity index (χ1n) is 6.17. The van der Waals surface area contributed by atoms with Crippen LogP contribution in [-0.4, -0.2) is 34.8 Å². The number of nitrogens with one attached hydrogen (secondary N) is 2. The monoisotopic (exact) mass is 238 g/mol. The van der Waals surface area contributed by atoms with E-state index in [1.54, 1.807) is 0 Å². The molecule has 17 heavy (non-hydrogen) atoms. The molecule has 0 amide bonds. The van der Waals surface area contributed by atoms with Crippen LogP contribution >= 0.6 is 0 Å². The molecule has 1 heterocycles. The molecule has 1 rings (SSSR count). The highest BCUT2D eigenvalue weighted by molar-refractivity contribution is 5.47. The van der Waals surface area contributed by atoms with Crippen molar-refractivity contribution in [3.05, 3.63) is 11.9 Å². The van der Waals surface area contributed by atoms with Gasteiger partial charge in [-0.15, -0.1) is 0 Å². The summed E-state index contributed by atoms with van der Waals surface area (Å²) >= 11 is 0. The second kappa shape index (κ2) is 7.06. The van der Waals surface area contributed by atoms with Crippen molar-refractivity contribution in [2.75, 3.05) is 24.2 Å². The van der Waals surface area contributed by atoms with E-state index in [9.17, 15) is 5.11 Å². The van der Waals surface area contributed by atoms with Crippen LogP contribution in [0.4, 0.5) is 11.6 Å². The lowest BCUT2D eigenvalue weighted by molar-refractivity contribution is 0.164. The number of aromatic nitrogens is 2. The number of aliphatic hydroxyl groups excluding tert-OH is 1. The van der Waals surface area contributed by atoms with Gasteiger partial charge in [-0.25, -0.2) is 9.97 Å². The first kappa shape index (κ1) is 13.7. The number of aryl methyl sites for hydroxylation is 1. The van der Waals surface area contributed by atoms with E-state index in [1.807, 2.05) is 27.0 Å². The SMILES string of the molecule is CCc1nc(NC)cc(NCCC(O)CC)n1. The summed E-state index contributed by atoms with van der Waals surface area (Å²) in [5.74, 6) is 2.44. The lowest BCUT2D eigenvalue weighted by Gasteiger charge is -2.11. The fourth-order valence-corrected chi connectivity index (χ4v) is 1.44. The summed E-state index contributed by atoms with van der Waals surface area (Å²) in [7, 11) is 1.84. The molecule has 1 unspecified atom stereocenters.